The van der Waals surface area contributed by atoms with Crippen LogP contribution in [0.25, 0.3) is 0 Å². The lowest BCUT2D eigenvalue weighted by Crippen LogP contribution is -2.55. The SMILES string of the molecule is C=CC(=O)N1CC(C)(C#N)C1. The minimum absolute atomic E-state index is 0.0854. The first kappa shape index (κ1) is 7.80. The summed E-state index contributed by atoms with van der Waals surface area (Å²) in [5.74, 6) is -0.0854. The number of rotatable bonds is 1. The molecule has 11 heavy (non-hydrogen) atoms. The molecule has 58 valence electrons. The number of likely N-dealkylation sites (tertiary alicyclic amines) is 1. The molecule has 0 aromatic heterocycles. The fourth-order valence-corrected chi connectivity index (χ4v) is 1.15. The zero-order chi connectivity index (χ0) is 8.48. The van der Waals surface area contributed by atoms with E-state index in [1.165, 1.54) is 6.08 Å². The van der Waals surface area contributed by atoms with Gasteiger partial charge in [-0.25, -0.2) is 0 Å². The number of nitrogens with zero attached hydrogens (tertiary/aromatic N) is 2. The van der Waals surface area contributed by atoms with Crippen molar-refractivity contribution >= 4 is 5.91 Å². The molecule has 1 fully saturated rings. The minimum Gasteiger partial charge on any atom is -0.336 e. The van der Waals surface area contributed by atoms with E-state index >= 15 is 0 Å². The van der Waals surface area contributed by atoms with Gasteiger partial charge in [-0.2, -0.15) is 5.26 Å². The molecule has 1 heterocycles. The lowest BCUT2D eigenvalue weighted by atomic mass is 9.84. The maximum Gasteiger partial charge on any atom is 0.246 e. The lowest BCUT2D eigenvalue weighted by molar-refractivity contribution is -0.134. The maximum atomic E-state index is 10.9. The van der Waals surface area contributed by atoms with Gasteiger partial charge in [-0.15, -0.1) is 0 Å². The second-order valence-electron chi connectivity index (χ2n) is 3.07. The van der Waals surface area contributed by atoms with E-state index in [0.717, 1.165) is 0 Å². The summed E-state index contributed by atoms with van der Waals surface area (Å²) in [5, 5.41) is 8.60. The molecular weight excluding hydrogens is 140 g/mol. The van der Waals surface area contributed by atoms with E-state index in [9.17, 15) is 4.79 Å². The Morgan fingerprint density at radius 1 is 1.82 bits per heavy atom. The van der Waals surface area contributed by atoms with E-state index < -0.39 is 0 Å². The largest absolute Gasteiger partial charge is 0.336 e. The van der Waals surface area contributed by atoms with Crippen LogP contribution in [0.1, 0.15) is 6.92 Å². The van der Waals surface area contributed by atoms with Crippen LogP contribution >= 0.6 is 0 Å². The van der Waals surface area contributed by atoms with E-state index in [2.05, 4.69) is 12.6 Å². The molecule has 0 aliphatic carbocycles. The molecule has 0 saturated carbocycles. The summed E-state index contributed by atoms with van der Waals surface area (Å²) in [6.07, 6.45) is 1.27. The van der Waals surface area contributed by atoms with Gasteiger partial charge in [-0.1, -0.05) is 6.58 Å². The van der Waals surface area contributed by atoms with Crippen LogP contribution in [0, 0.1) is 16.7 Å². The van der Waals surface area contributed by atoms with E-state index in [1.807, 2.05) is 6.92 Å². The van der Waals surface area contributed by atoms with Crippen molar-refractivity contribution in [2.45, 2.75) is 6.92 Å². The summed E-state index contributed by atoms with van der Waals surface area (Å²) in [6, 6.07) is 2.16. The van der Waals surface area contributed by atoms with Crippen molar-refractivity contribution in [2.24, 2.45) is 5.41 Å². The summed E-state index contributed by atoms with van der Waals surface area (Å²) in [7, 11) is 0. The molecular formula is C8H10N2O. The Kier molecular flexibility index (Phi) is 1.69. The zero-order valence-electron chi connectivity index (χ0n) is 6.50. The Labute approximate surface area is 65.9 Å². The number of hydrogen-bond acceptors (Lipinski definition) is 2. The minimum atomic E-state index is -0.321. The maximum absolute atomic E-state index is 10.9. The molecule has 0 radical (unpaired) electrons. The molecule has 0 aromatic carbocycles. The second kappa shape index (κ2) is 2.39. The number of amides is 1. The highest BCUT2D eigenvalue weighted by Crippen LogP contribution is 2.28. The van der Waals surface area contributed by atoms with Crippen molar-refractivity contribution in [3.05, 3.63) is 12.7 Å². The summed E-state index contributed by atoms with van der Waals surface area (Å²) in [6.45, 7) is 6.28. The van der Waals surface area contributed by atoms with Gasteiger partial charge in [-0.05, 0) is 13.0 Å². The fraction of sp³-hybridized carbons (Fsp3) is 0.500. The van der Waals surface area contributed by atoms with Gasteiger partial charge in [0.05, 0.1) is 11.5 Å². The van der Waals surface area contributed by atoms with Crippen molar-refractivity contribution < 1.29 is 4.79 Å². The first-order valence-electron chi connectivity index (χ1n) is 3.44. The van der Waals surface area contributed by atoms with E-state index in [4.69, 9.17) is 5.26 Å². The summed E-state index contributed by atoms with van der Waals surface area (Å²) >= 11 is 0. The first-order chi connectivity index (χ1) is 5.11. The molecule has 0 unspecified atom stereocenters. The van der Waals surface area contributed by atoms with Crippen molar-refractivity contribution in [1.82, 2.24) is 4.90 Å². The van der Waals surface area contributed by atoms with Crippen molar-refractivity contribution in [3.8, 4) is 6.07 Å². The highest BCUT2D eigenvalue weighted by Gasteiger charge is 2.40. The molecule has 0 bridgehead atoms. The lowest BCUT2D eigenvalue weighted by Gasteiger charge is -2.42. The number of hydrogen-bond donors (Lipinski definition) is 0. The van der Waals surface area contributed by atoms with Gasteiger partial charge in [-0.3, -0.25) is 4.79 Å². The second-order valence-corrected chi connectivity index (χ2v) is 3.07. The predicted molar refractivity (Wildman–Crippen MR) is 40.5 cm³/mol. The summed E-state index contributed by atoms with van der Waals surface area (Å²) < 4.78 is 0. The summed E-state index contributed by atoms with van der Waals surface area (Å²) in [5.41, 5.74) is -0.321. The molecule has 1 aliphatic rings. The van der Waals surface area contributed by atoms with Gasteiger partial charge in [0.2, 0.25) is 5.91 Å². The summed E-state index contributed by atoms with van der Waals surface area (Å²) in [4.78, 5) is 12.5. The first-order valence-corrected chi connectivity index (χ1v) is 3.44. The van der Waals surface area contributed by atoms with Crippen LogP contribution in [0.15, 0.2) is 12.7 Å². The Hall–Kier alpha value is -1.30. The molecule has 0 spiro atoms. The predicted octanol–water partition coefficient (Wildman–Crippen LogP) is 0.544. The van der Waals surface area contributed by atoms with Gasteiger partial charge in [0.1, 0.15) is 0 Å². The molecule has 3 heteroatoms. The number of carbonyl (C=O) groups is 1. The topological polar surface area (TPSA) is 44.1 Å². The normalized spacial score (nSPS) is 19.8. The third-order valence-electron chi connectivity index (χ3n) is 1.84. The van der Waals surface area contributed by atoms with E-state index in [1.54, 1.807) is 4.90 Å². The molecule has 1 saturated heterocycles. The van der Waals surface area contributed by atoms with Crippen LogP contribution in [0.2, 0.25) is 0 Å². The van der Waals surface area contributed by atoms with E-state index in [-0.39, 0.29) is 11.3 Å². The molecule has 1 rings (SSSR count). The molecule has 0 N–H and O–H groups in total. The van der Waals surface area contributed by atoms with Crippen molar-refractivity contribution in [2.75, 3.05) is 13.1 Å². The van der Waals surface area contributed by atoms with Crippen LogP contribution in [0.5, 0.6) is 0 Å². The van der Waals surface area contributed by atoms with Gasteiger partial charge in [0.25, 0.3) is 0 Å². The third kappa shape index (κ3) is 1.25. The van der Waals surface area contributed by atoms with Crippen LogP contribution < -0.4 is 0 Å². The van der Waals surface area contributed by atoms with Crippen molar-refractivity contribution in [1.29, 1.82) is 5.26 Å². The zero-order valence-corrected chi connectivity index (χ0v) is 6.50. The van der Waals surface area contributed by atoms with Gasteiger partial charge in [0.15, 0.2) is 0 Å². The van der Waals surface area contributed by atoms with Crippen LogP contribution in [0.4, 0.5) is 0 Å². The highest BCUT2D eigenvalue weighted by molar-refractivity contribution is 5.87. The molecule has 3 nitrogen and oxygen atoms in total. The number of nitriles is 1. The Balaban J connectivity index is 2.48. The van der Waals surface area contributed by atoms with Gasteiger partial charge in [0, 0.05) is 13.1 Å². The van der Waals surface area contributed by atoms with Crippen molar-refractivity contribution in [3.63, 3.8) is 0 Å². The van der Waals surface area contributed by atoms with Crippen LogP contribution in [-0.4, -0.2) is 23.9 Å². The Morgan fingerprint density at radius 3 is 2.73 bits per heavy atom. The Bertz CT molecular complexity index is 233. The average molecular weight is 150 g/mol. The van der Waals surface area contributed by atoms with Gasteiger partial charge >= 0.3 is 0 Å². The monoisotopic (exact) mass is 150 g/mol. The molecule has 0 aromatic rings. The Morgan fingerprint density at radius 2 is 2.36 bits per heavy atom. The van der Waals surface area contributed by atoms with Crippen LogP contribution in [0.3, 0.4) is 0 Å². The molecule has 0 atom stereocenters. The van der Waals surface area contributed by atoms with Gasteiger partial charge < -0.3 is 4.90 Å². The quantitative estimate of drug-likeness (QED) is 0.512. The van der Waals surface area contributed by atoms with Crippen LogP contribution in [-0.2, 0) is 4.79 Å². The standard InChI is InChI=1S/C8H10N2O/c1-3-7(11)10-5-8(2,4-9)6-10/h3H,1,5-6H2,2H3. The third-order valence-corrected chi connectivity index (χ3v) is 1.84. The molecule has 1 aliphatic heterocycles. The number of carbonyl (C=O) groups excluding carboxylic acids is 1. The van der Waals surface area contributed by atoms with E-state index in [0.29, 0.717) is 13.1 Å². The highest BCUT2D eigenvalue weighted by atomic mass is 16.2. The average Bonchev–Trinajstić information content (AvgIpc) is 1.97. The smallest absolute Gasteiger partial charge is 0.246 e. The fourth-order valence-electron chi connectivity index (χ4n) is 1.15. The molecule has 1 amide bonds.